The highest BCUT2D eigenvalue weighted by Gasteiger charge is 2.28. The van der Waals surface area contributed by atoms with Crippen LogP contribution in [-0.4, -0.2) is 73.4 Å². The largest absolute Gasteiger partial charge is 0.472 e. The third kappa shape index (κ3) is 66.9. The Hall–Kier alpha value is -0.500. The fourth-order valence-electron chi connectivity index (χ4n) is 11.9. The average Bonchev–Trinajstić information content (AvgIpc) is 3.43. The number of nitrogens with zero attached hydrogens (tertiary/aromatic N) is 1. The summed E-state index contributed by atoms with van der Waals surface area (Å²) in [6.45, 7) is 4.97. The molecule has 0 aromatic heterocycles. The van der Waals surface area contributed by atoms with Gasteiger partial charge in [-0.1, -0.05) is 386 Å². The average molecular weight is 1170 g/mol. The number of hydrogen-bond donors (Lipinski definition) is 3. The topological polar surface area (TPSA) is 105 Å². The van der Waals surface area contributed by atoms with E-state index in [9.17, 15) is 19.4 Å². The van der Waals surface area contributed by atoms with E-state index in [1.54, 1.807) is 0 Å². The second-order valence-corrected chi connectivity index (χ2v) is 28.5. The standard InChI is InChI=1S/C72H147N2O6P/c1-6-8-10-12-14-16-18-20-22-24-26-28-30-32-34-36-38-39-41-43-45-47-49-51-53-55-57-59-61-63-65-71(75)70(69-80-81(77,78)79-68-67-74(3,4)5)73-72(76)66-64-62-60-58-56-54-52-50-48-46-44-42-40-37-35-33-31-29-27-25-23-21-19-17-15-13-11-9-7-2/h70-71,75H,6-69H2,1-5H3,(H-,73,76,77,78)/p+1. The monoisotopic (exact) mass is 1170 g/mol. The first-order chi connectivity index (χ1) is 39.5. The molecule has 0 bridgehead atoms. The van der Waals surface area contributed by atoms with Crippen LogP contribution in [0.2, 0.25) is 0 Å². The third-order valence-corrected chi connectivity index (χ3v) is 18.6. The molecule has 0 spiro atoms. The SMILES string of the molecule is CCCCCCCCCCCCCCCCCCCCCCCCCCCCCCCCC(O)C(COP(=O)(O)OCC[N+](C)(C)C)NC(=O)CCCCCCCCCCCCCCCCCCCCCCCCCCCCCCC. The highest BCUT2D eigenvalue weighted by Crippen LogP contribution is 2.43. The molecule has 0 saturated heterocycles. The van der Waals surface area contributed by atoms with Gasteiger partial charge in [-0.15, -0.1) is 0 Å². The van der Waals surface area contributed by atoms with Crippen molar-refractivity contribution in [1.29, 1.82) is 0 Å². The number of phosphoric ester groups is 1. The van der Waals surface area contributed by atoms with Crippen molar-refractivity contribution in [2.24, 2.45) is 0 Å². The Balaban J connectivity index is 3.95. The van der Waals surface area contributed by atoms with Crippen molar-refractivity contribution >= 4 is 13.7 Å². The van der Waals surface area contributed by atoms with E-state index in [1.807, 2.05) is 21.1 Å². The number of aliphatic hydroxyl groups is 1. The highest BCUT2D eigenvalue weighted by molar-refractivity contribution is 7.47. The number of amides is 1. The number of hydrogen-bond acceptors (Lipinski definition) is 5. The van der Waals surface area contributed by atoms with Crippen LogP contribution in [0.25, 0.3) is 0 Å². The van der Waals surface area contributed by atoms with Crippen molar-refractivity contribution < 1.29 is 32.9 Å². The predicted molar refractivity (Wildman–Crippen MR) is 356 cm³/mol. The number of likely N-dealkylation sites (N-methyl/N-ethyl adjacent to an activating group) is 1. The Kier molecular flexibility index (Phi) is 63.6. The van der Waals surface area contributed by atoms with Gasteiger partial charge in [0.05, 0.1) is 39.9 Å². The molecule has 0 rings (SSSR count). The summed E-state index contributed by atoms with van der Waals surface area (Å²) < 4.78 is 23.9. The lowest BCUT2D eigenvalue weighted by atomic mass is 10.0. The molecule has 0 aromatic carbocycles. The minimum Gasteiger partial charge on any atom is -0.391 e. The first-order valence-corrected chi connectivity index (χ1v) is 38.4. The van der Waals surface area contributed by atoms with Gasteiger partial charge in [0.1, 0.15) is 13.2 Å². The third-order valence-electron chi connectivity index (χ3n) is 17.6. The Morgan fingerprint density at radius 3 is 0.827 bits per heavy atom. The molecule has 3 unspecified atom stereocenters. The molecule has 0 radical (unpaired) electrons. The molecule has 1 amide bonds. The van der Waals surface area contributed by atoms with Gasteiger partial charge in [0, 0.05) is 6.42 Å². The number of carbonyl (C=O) groups excluding carboxylic acids is 1. The van der Waals surface area contributed by atoms with Gasteiger partial charge in [-0.05, 0) is 12.8 Å². The van der Waals surface area contributed by atoms with Crippen LogP contribution in [-0.2, 0) is 18.4 Å². The molecule has 0 saturated carbocycles. The first-order valence-electron chi connectivity index (χ1n) is 36.9. The Labute approximate surface area is 508 Å². The molecule has 486 valence electrons. The number of nitrogens with one attached hydrogen (secondary N) is 1. The summed E-state index contributed by atoms with van der Waals surface area (Å²) in [5.74, 6) is -0.132. The van der Waals surface area contributed by atoms with Crippen molar-refractivity contribution in [1.82, 2.24) is 5.32 Å². The summed E-state index contributed by atoms with van der Waals surface area (Å²) in [4.78, 5) is 23.5. The second kappa shape index (κ2) is 64.0. The van der Waals surface area contributed by atoms with E-state index in [0.29, 0.717) is 23.9 Å². The van der Waals surface area contributed by atoms with E-state index in [-0.39, 0.29) is 19.1 Å². The van der Waals surface area contributed by atoms with Gasteiger partial charge >= 0.3 is 7.82 Å². The number of unbranched alkanes of at least 4 members (excludes halogenated alkanes) is 57. The quantitative estimate of drug-likeness (QED) is 0.0318. The molecule has 3 N–H and O–H groups in total. The number of quaternary nitrogens is 1. The maximum atomic E-state index is 13.1. The minimum absolute atomic E-state index is 0.0796. The van der Waals surface area contributed by atoms with Crippen LogP contribution in [0, 0.1) is 0 Å². The minimum atomic E-state index is -4.33. The molecule has 0 aliphatic rings. The molecule has 3 atom stereocenters. The first kappa shape index (κ1) is 80.5. The molecule has 0 heterocycles. The normalized spacial score (nSPS) is 13.5. The zero-order valence-electron chi connectivity index (χ0n) is 55.8. The van der Waals surface area contributed by atoms with Crippen molar-refractivity contribution in [2.45, 2.75) is 418 Å². The molecular weight excluding hydrogens is 1020 g/mol. The van der Waals surface area contributed by atoms with Gasteiger partial charge in [0.2, 0.25) is 5.91 Å². The molecule has 0 fully saturated rings. The van der Waals surface area contributed by atoms with Gasteiger partial charge in [-0.2, -0.15) is 0 Å². The van der Waals surface area contributed by atoms with Crippen LogP contribution < -0.4 is 5.32 Å². The van der Waals surface area contributed by atoms with Gasteiger partial charge in [-0.3, -0.25) is 13.8 Å². The van der Waals surface area contributed by atoms with E-state index in [0.717, 1.165) is 38.5 Å². The van der Waals surface area contributed by atoms with Crippen LogP contribution >= 0.6 is 7.82 Å². The lowest BCUT2D eigenvalue weighted by Gasteiger charge is -2.26. The van der Waals surface area contributed by atoms with Crippen LogP contribution in [0.3, 0.4) is 0 Å². The summed E-state index contributed by atoms with van der Waals surface area (Å²) in [6.07, 6.45) is 80.8. The van der Waals surface area contributed by atoms with E-state index in [1.165, 1.54) is 340 Å². The predicted octanol–water partition coefficient (Wildman–Crippen LogP) is 23.5. The van der Waals surface area contributed by atoms with Crippen LogP contribution in [0.1, 0.15) is 406 Å². The van der Waals surface area contributed by atoms with Gasteiger partial charge < -0.3 is 19.8 Å². The van der Waals surface area contributed by atoms with Gasteiger partial charge in [0.15, 0.2) is 0 Å². The second-order valence-electron chi connectivity index (χ2n) is 27.0. The molecule has 8 nitrogen and oxygen atoms in total. The fourth-order valence-corrected chi connectivity index (χ4v) is 12.6. The maximum absolute atomic E-state index is 13.1. The van der Waals surface area contributed by atoms with Crippen molar-refractivity contribution in [3.05, 3.63) is 0 Å². The van der Waals surface area contributed by atoms with E-state index in [2.05, 4.69) is 19.2 Å². The van der Waals surface area contributed by atoms with Crippen molar-refractivity contribution in [3.63, 3.8) is 0 Å². The molecule has 0 aliphatic heterocycles. The Morgan fingerprint density at radius 2 is 0.593 bits per heavy atom. The lowest BCUT2D eigenvalue weighted by Crippen LogP contribution is -2.46. The number of rotatable bonds is 70. The lowest BCUT2D eigenvalue weighted by molar-refractivity contribution is -0.870. The maximum Gasteiger partial charge on any atom is 0.472 e. The summed E-state index contributed by atoms with van der Waals surface area (Å²) in [5.41, 5.74) is 0. The number of aliphatic hydroxyl groups excluding tert-OH is 1. The molecule has 0 aliphatic carbocycles. The molecule has 9 heteroatoms. The van der Waals surface area contributed by atoms with Crippen molar-refractivity contribution in [2.75, 3.05) is 40.9 Å². The summed E-state index contributed by atoms with van der Waals surface area (Å²) in [5, 5.41) is 14.2. The van der Waals surface area contributed by atoms with E-state index >= 15 is 0 Å². The molecular formula is C72H148N2O6P+. The smallest absolute Gasteiger partial charge is 0.391 e. The van der Waals surface area contributed by atoms with Crippen LogP contribution in [0.4, 0.5) is 0 Å². The summed E-state index contributed by atoms with van der Waals surface area (Å²) in [7, 11) is 1.64. The number of phosphoric acid groups is 1. The zero-order valence-corrected chi connectivity index (χ0v) is 56.7. The highest BCUT2D eigenvalue weighted by atomic mass is 31.2. The molecule has 81 heavy (non-hydrogen) atoms. The van der Waals surface area contributed by atoms with Crippen molar-refractivity contribution in [3.8, 4) is 0 Å². The van der Waals surface area contributed by atoms with Gasteiger partial charge in [0.25, 0.3) is 0 Å². The van der Waals surface area contributed by atoms with E-state index in [4.69, 9.17) is 9.05 Å². The van der Waals surface area contributed by atoms with Crippen LogP contribution in [0.5, 0.6) is 0 Å². The summed E-state index contributed by atoms with van der Waals surface area (Å²) >= 11 is 0. The molecule has 0 aromatic rings. The zero-order chi connectivity index (χ0) is 59.1. The fraction of sp³-hybridized carbons (Fsp3) is 0.986. The number of carbonyl (C=O) groups is 1. The van der Waals surface area contributed by atoms with E-state index < -0.39 is 20.0 Å². The van der Waals surface area contributed by atoms with Gasteiger partial charge in [-0.25, -0.2) is 4.57 Å². The van der Waals surface area contributed by atoms with Crippen LogP contribution in [0.15, 0.2) is 0 Å². The summed E-state index contributed by atoms with van der Waals surface area (Å²) in [6, 6.07) is -0.757. The Morgan fingerprint density at radius 1 is 0.370 bits per heavy atom. The Bertz CT molecular complexity index is 1280.